The Balaban J connectivity index is 1.95. The quantitative estimate of drug-likeness (QED) is 0.319. The van der Waals surface area contributed by atoms with Gasteiger partial charge in [0, 0.05) is 10.9 Å². The molecule has 1 heterocycles. The molecule has 7 heteroatoms. The van der Waals surface area contributed by atoms with Crippen molar-refractivity contribution in [3.63, 3.8) is 0 Å². The number of rotatable bonds is 6. The highest BCUT2D eigenvalue weighted by Crippen LogP contribution is 2.36. The minimum Gasteiger partial charge on any atom is -0.508 e. The van der Waals surface area contributed by atoms with E-state index < -0.39 is 11.9 Å². The van der Waals surface area contributed by atoms with E-state index in [9.17, 15) is 20.0 Å². The molecular weight excluding hydrogens is 412 g/mol. The van der Waals surface area contributed by atoms with Crippen molar-refractivity contribution in [3.8, 4) is 22.9 Å². The monoisotopic (exact) mass is 432 g/mol. The Morgan fingerprint density at radius 2 is 1.84 bits per heavy atom. The average Bonchev–Trinajstić information content (AvgIpc) is 3.17. The molecule has 0 saturated carbocycles. The third kappa shape index (κ3) is 5.18. The molecule has 1 amide bonds. The van der Waals surface area contributed by atoms with E-state index in [0.29, 0.717) is 16.1 Å². The summed E-state index contributed by atoms with van der Waals surface area (Å²) in [6.45, 7) is 3.88. The van der Waals surface area contributed by atoms with Gasteiger partial charge in [-0.2, -0.15) is 5.26 Å². The molecule has 0 aliphatic heterocycles. The summed E-state index contributed by atoms with van der Waals surface area (Å²) >= 11 is 1.19. The predicted octanol–water partition coefficient (Wildman–Crippen LogP) is 5.15. The molecule has 6 nitrogen and oxygen atoms in total. The number of ether oxygens (including phenoxy) is 1. The molecule has 0 aliphatic rings. The number of amides is 1. The molecule has 1 aromatic heterocycles. The van der Waals surface area contributed by atoms with Crippen LogP contribution in [0.4, 0.5) is 5.00 Å². The fraction of sp³-hybridized carbons (Fsp3) is 0.125. The maximum atomic E-state index is 12.7. The zero-order valence-electron chi connectivity index (χ0n) is 17.0. The number of aromatic hydroxyl groups is 1. The van der Waals surface area contributed by atoms with Gasteiger partial charge in [0.1, 0.15) is 28.0 Å². The fourth-order valence-corrected chi connectivity index (χ4v) is 3.81. The molecule has 0 aliphatic carbocycles. The Hall–Kier alpha value is -3.89. The lowest BCUT2D eigenvalue weighted by Crippen LogP contribution is -2.16. The first-order chi connectivity index (χ1) is 14.9. The van der Waals surface area contributed by atoms with Crippen LogP contribution in [0.5, 0.6) is 5.75 Å². The van der Waals surface area contributed by atoms with Crippen LogP contribution < -0.4 is 5.32 Å². The lowest BCUT2D eigenvalue weighted by molar-refractivity contribution is -0.112. The Kier molecular flexibility index (Phi) is 6.85. The zero-order chi connectivity index (χ0) is 22.4. The summed E-state index contributed by atoms with van der Waals surface area (Å²) in [4.78, 5) is 25.4. The second kappa shape index (κ2) is 9.74. The number of phenolic OH excluding ortho intramolecular Hbond substituents is 1. The van der Waals surface area contributed by atoms with Gasteiger partial charge in [0.25, 0.3) is 5.91 Å². The average molecular weight is 433 g/mol. The number of carbonyl (C=O) groups excluding carboxylic acids is 2. The summed E-state index contributed by atoms with van der Waals surface area (Å²) in [5, 5.41) is 23.6. The third-order valence-electron chi connectivity index (χ3n) is 4.43. The molecule has 0 fully saturated rings. The van der Waals surface area contributed by atoms with Crippen LogP contribution in [0.3, 0.4) is 0 Å². The van der Waals surface area contributed by atoms with Crippen molar-refractivity contribution >= 4 is 34.3 Å². The lowest BCUT2D eigenvalue weighted by Gasteiger charge is -2.09. The van der Waals surface area contributed by atoms with Gasteiger partial charge in [-0.25, -0.2) is 4.79 Å². The molecule has 0 spiro atoms. The van der Waals surface area contributed by atoms with Crippen molar-refractivity contribution < 1.29 is 19.4 Å². The molecule has 2 N–H and O–H groups in total. The number of carbonyl (C=O) groups is 2. The number of thiophene rings is 1. The molecule has 3 aromatic rings. The Morgan fingerprint density at radius 1 is 1.16 bits per heavy atom. The number of hydrogen-bond donors (Lipinski definition) is 2. The van der Waals surface area contributed by atoms with E-state index in [4.69, 9.17) is 4.74 Å². The molecule has 0 radical (unpaired) electrons. The molecule has 31 heavy (non-hydrogen) atoms. The van der Waals surface area contributed by atoms with Gasteiger partial charge in [-0.15, -0.1) is 11.3 Å². The van der Waals surface area contributed by atoms with Gasteiger partial charge < -0.3 is 15.2 Å². The fourth-order valence-electron chi connectivity index (χ4n) is 2.86. The highest BCUT2D eigenvalue weighted by molar-refractivity contribution is 7.15. The van der Waals surface area contributed by atoms with E-state index in [0.717, 1.165) is 11.1 Å². The number of esters is 1. The number of nitriles is 1. The van der Waals surface area contributed by atoms with Crippen LogP contribution in [0.1, 0.15) is 28.4 Å². The van der Waals surface area contributed by atoms with E-state index in [1.165, 1.54) is 29.5 Å². The molecular formula is C24H20N2O4S. The minimum atomic E-state index is -0.640. The van der Waals surface area contributed by atoms with E-state index in [1.807, 2.05) is 37.3 Å². The van der Waals surface area contributed by atoms with Crippen LogP contribution in [0, 0.1) is 18.3 Å². The first-order valence-electron chi connectivity index (χ1n) is 9.50. The molecule has 0 unspecified atom stereocenters. The zero-order valence-corrected chi connectivity index (χ0v) is 17.8. The van der Waals surface area contributed by atoms with Crippen LogP contribution >= 0.6 is 11.3 Å². The maximum Gasteiger partial charge on any atom is 0.341 e. The van der Waals surface area contributed by atoms with Crippen LogP contribution in [0.15, 0.2) is 59.5 Å². The minimum absolute atomic E-state index is 0.0846. The van der Waals surface area contributed by atoms with Gasteiger partial charge in [-0.3, -0.25) is 4.79 Å². The van der Waals surface area contributed by atoms with Gasteiger partial charge in [-0.1, -0.05) is 42.0 Å². The van der Waals surface area contributed by atoms with Crippen LogP contribution in [0.25, 0.3) is 17.2 Å². The molecule has 0 atom stereocenters. The molecule has 2 aromatic carbocycles. The topological polar surface area (TPSA) is 99.4 Å². The van der Waals surface area contributed by atoms with Crippen molar-refractivity contribution in [2.45, 2.75) is 13.8 Å². The van der Waals surface area contributed by atoms with E-state index >= 15 is 0 Å². The second-order valence-electron chi connectivity index (χ2n) is 6.66. The third-order valence-corrected chi connectivity index (χ3v) is 5.32. The van der Waals surface area contributed by atoms with Crippen molar-refractivity contribution in [2.24, 2.45) is 0 Å². The summed E-state index contributed by atoms with van der Waals surface area (Å²) < 4.78 is 5.20. The Morgan fingerprint density at radius 3 is 2.45 bits per heavy atom. The van der Waals surface area contributed by atoms with Crippen LogP contribution in [-0.2, 0) is 9.53 Å². The summed E-state index contributed by atoms with van der Waals surface area (Å²) in [5.41, 5.74) is 3.27. The number of nitrogens with one attached hydrogen (secondary N) is 1. The van der Waals surface area contributed by atoms with E-state index in [-0.39, 0.29) is 23.5 Å². The summed E-state index contributed by atoms with van der Waals surface area (Å²) in [6.07, 6.45) is 1.41. The van der Waals surface area contributed by atoms with Crippen molar-refractivity contribution in [3.05, 3.63) is 76.2 Å². The number of hydrogen-bond acceptors (Lipinski definition) is 6. The van der Waals surface area contributed by atoms with Crippen molar-refractivity contribution in [1.29, 1.82) is 5.26 Å². The SMILES string of the molecule is CCOC(=O)c1c(-c2ccc(C)cc2)csc1NC(=O)C(C#N)=Cc1ccc(O)cc1. The van der Waals surface area contributed by atoms with E-state index in [2.05, 4.69) is 5.32 Å². The Labute approximate surface area is 184 Å². The lowest BCUT2D eigenvalue weighted by atomic mass is 10.0. The van der Waals surface area contributed by atoms with Gasteiger partial charge in [0.05, 0.1) is 6.61 Å². The van der Waals surface area contributed by atoms with Crippen LogP contribution in [0.2, 0.25) is 0 Å². The first-order valence-corrected chi connectivity index (χ1v) is 10.4. The van der Waals surface area contributed by atoms with Gasteiger partial charge >= 0.3 is 5.97 Å². The maximum absolute atomic E-state index is 12.7. The molecule has 0 bridgehead atoms. The number of nitrogens with zero attached hydrogens (tertiary/aromatic N) is 1. The molecule has 0 saturated heterocycles. The summed E-state index contributed by atoms with van der Waals surface area (Å²) in [6, 6.07) is 15.7. The number of anilines is 1. The van der Waals surface area contributed by atoms with Crippen molar-refractivity contribution in [2.75, 3.05) is 11.9 Å². The highest BCUT2D eigenvalue weighted by Gasteiger charge is 2.23. The number of aryl methyl sites for hydroxylation is 1. The first kappa shape index (κ1) is 21.8. The standard InChI is InChI=1S/C24H20N2O4S/c1-3-30-24(29)21-20(17-8-4-15(2)5-9-17)14-31-23(21)26-22(28)18(13-25)12-16-6-10-19(27)11-7-16/h4-12,14,27H,3H2,1-2H3,(H,26,28). The normalized spacial score (nSPS) is 10.9. The summed E-state index contributed by atoms with van der Waals surface area (Å²) in [7, 11) is 0. The second-order valence-corrected chi connectivity index (χ2v) is 7.54. The number of benzene rings is 2. The van der Waals surface area contributed by atoms with E-state index in [1.54, 1.807) is 24.4 Å². The Bertz CT molecular complexity index is 1170. The predicted molar refractivity (Wildman–Crippen MR) is 121 cm³/mol. The molecule has 3 rings (SSSR count). The molecule has 156 valence electrons. The van der Waals surface area contributed by atoms with Crippen LogP contribution in [-0.4, -0.2) is 23.6 Å². The largest absolute Gasteiger partial charge is 0.508 e. The highest BCUT2D eigenvalue weighted by atomic mass is 32.1. The van der Waals surface area contributed by atoms with Gasteiger partial charge in [0.15, 0.2) is 0 Å². The summed E-state index contributed by atoms with van der Waals surface area (Å²) in [5.74, 6) is -1.10. The van der Waals surface area contributed by atoms with Gasteiger partial charge in [-0.05, 0) is 43.2 Å². The number of phenols is 1. The van der Waals surface area contributed by atoms with Crippen molar-refractivity contribution in [1.82, 2.24) is 0 Å². The smallest absolute Gasteiger partial charge is 0.341 e. The van der Waals surface area contributed by atoms with Gasteiger partial charge in [0.2, 0.25) is 0 Å².